The van der Waals surface area contributed by atoms with Crippen molar-refractivity contribution in [2.45, 2.75) is 0 Å². The van der Waals surface area contributed by atoms with Crippen molar-refractivity contribution >= 4 is 108 Å². The number of aromatic nitrogens is 12. The molecule has 0 unspecified atom stereocenters. The number of para-hydroxylation sites is 3. The highest BCUT2D eigenvalue weighted by molar-refractivity contribution is 6.15. The van der Waals surface area contributed by atoms with Crippen molar-refractivity contribution in [3.8, 4) is 158 Å². The smallest absolute Gasteiger partial charge is 0.164 e. The summed E-state index contributed by atoms with van der Waals surface area (Å²) in [5.41, 5.74) is 22.7. The third-order valence-corrected chi connectivity index (χ3v) is 26.7. The van der Waals surface area contributed by atoms with E-state index in [2.05, 4.69) is 458 Å². The molecule has 12 heteroatoms. The van der Waals surface area contributed by atoms with Gasteiger partial charge in [-0.15, -0.1) is 0 Å². The highest BCUT2D eigenvalue weighted by Crippen LogP contribution is 2.42. The summed E-state index contributed by atoms with van der Waals surface area (Å²) < 4.78 is 0. The first-order valence-corrected chi connectivity index (χ1v) is 47.5. The van der Waals surface area contributed by atoms with Gasteiger partial charge in [-0.2, -0.15) is 0 Å². The van der Waals surface area contributed by atoms with Gasteiger partial charge < -0.3 is 0 Å². The van der Waals surface area contributed by atoms with E-state index in [0.29, 0.717) is 52.4 Å². The van der Waals surface area contributed by atoms with Crippen LogP contribution in [0.25, 0.3) is 266 Å². The van der Waals surface area contributed by atoms with Gasteiger partial charge in [-0.05, 0) is 163 Å². The molecule has 6 heterocycles. The molecule has 0 aliphatic carbocycles. The van der Waals surface area contributed by atoms with Gasteiger partial charge in [-0.1, -0.05) is 431 Å². The first-order chi connectivity index (χ1) is 70.3. The standard InChI is InChI=1S/C46H28N4.C46H30N4.C38H24N4/c1-4-14-35-31(11-1)26-41(39-18-8-6-16-37(35)39)45-48-44(30-23-21-29(22-24-30)34-25-33-13-3-10-20-43(33)47-28-34)49-46(50-45)42-27-32-12-2-5-15-36(32)38-17-7-9-19-40(38)42;1-2-9-31(10-3-1)32-18-24-37(25-19-32)44-48-45(38-26-20-34(21-27-38)41-16-6-12-33-11-4-5-15-40(33)41)50-46(49-44)39-28-22-35(23-29-39)42-17-7-13-36-14-8-30-47-43(36)42;1-3-9-30-23-32(20-14-25(30)7-1)37-40-36(41-38(42-37)33-21-15-26-8-2-4-10-31(26)24-33)29-18-16-27(17-19-29)34-13-5-11-28-12-6-22-39-35(28)34/h1-28H;1-30H;1-24H. The fourth-order valence-corrected chi connectivity index (χ4v) is 19.4. The summed E-state index contributed by atoms with van der Waals surface area (Å²) in [5.74, 6) is 5.74. The number of rotatable bonds is 14. The second kappa shape index (κ2) is 37.1. The molecule has 0 spiro atoms. The van der Waals surface area contributed by atoms with Crippen LogP contribution in [-0.4, -0.2) is 59.8 Å². The summed E-state index contributed by atoms with van der Waals surface area (Å²) in [4.78, 5) is 59.7. The van der Waals surface area contributed by atoms with E-state index in [1.165, 1.54) is 54.2 Å². The van der Waals surface area contributed by atoms with Gasteiger partial charge in [0, 0.05) is 102 Å². The molecule has 0 aliphatic rings. The molecule has 0 saturated carbocycles. The van der Waals surface area contributed by atoms with Crippen LogP contribution in [0.4, 0.5) is 0 Å². The van der Waals surface area contributed by atoms with Crippen molar-refractivity contribution in [2.24, 2.45) is 0 Å². The minimum Gasteiger partial charge on any atom is -0.256 e. The first kappa shape index (κ1) is 84.4. The summed E-state index contributed by atoms with van der Waals surface area (Å²) in [5, 5.41) is 19.8. The molecule has 0 bridgehead atoms. The molecule has 27 rings (SSSR count). The Hall–Kier alpha value is -19.3. The quantitative estimate of drug-likeness (QED) is 0.0952. The summed E-state index contributed by atoms with van der Waals surface area (Å²) in [6, 6.07) is 167. The molecule has 21 aromatic carbocycles. The van der Waals surface area contributed by atoms with Gasteiger partial charge >= 0.3 is 0 Å². The molecular weight excluding hydrogens is 1730 g/mol. The van der Waals surface area contributed by atoms with Crippen molar-refractivity contribution in [1.29, 1.82) is 0 Å². The maximum absolute atomic E-state index is 5.28. The molecule has 0 aliphatic heterocycles. The summed E-state index contributed by atoms with van der Waals surface area (Å²) >= 11 is 0. The summed E-state index contributed by atoms with van der Waals surface area (Å²) in [6.07, 6.45) is 5.62. The van der Waals surface area contributed by atoms with Gasteiger partial charge in [-0.3, -0.25) is 15.0 Å². The first-order valence-electron chi connectivity index (χ1n) is 47.5. The zero-order valence-corrected chi connectivity index (χ0v) is 76.7. The van der Waals surface area contributed by atoms with E-state index in [9.17, 15) is 0 Å². The van der Waals surface area contributed by atoms with E-state index in [4.69, 9.17) is 44.9 Å². The molecule has 0 N–H and O–H groups in total. The molecule has 6 aromatic heterocycles. The number of pyridine rings is 3. The lowest BCUT2D eigenvalue weighted by molar-refractivity contribution is 1.07. The Bertz CT molecular complexity index is 9140. The lowest BCUT2D eigenvalue weighted by Crippen LogP contribution is -2.01. The van der Waals surface area contributed by atoms with Crippen molar-refractivity contribution < 1.29 is 0 Å². The van der Waals surface area contributed by atoms with E-state index in [1.54, 1.807) is 0 Å². The largest absolute Gasteiger partial charge is 0.256 e. The van der Waals surface area contributed by atoms with Crippen molar-refractivity contribution in [2.75, 3.05) is 0 Å². The van der Waals surface area contributed by atoms with Crippen LogP contribution in [0.15, 0.2) is 498 Å². The Morgan fingerprint density at radius 2 is 0.401 bits per heavy atom. The van der Waals surface area contributed by atoms with Crippen LogP contribution >= 0.6 is 0 Å². The normalized spacial score (nSPS) is 11.4. The van der Waals surface area contributed by atoms with Gasteiger partial charge in [0.25, 0.3) is 0 Å². The molecule has 0 fully saturated rings. The average molecular weight is 1810 g/mol. The Kier molecular flexibility index (Phi) is 22.0. The molecule has 0 atom stereocenters. The molecule has 12 nitrogen and oxygen atoms in total. The average Bonchev–Trinajstić information content (AvgIpc) is 0.745. The second-order valence-electron chi connectivity index (χ2n) is 35.4. The van der Waals surface area contributed by atoms with Crippen molar-refractivity contribution in [3.05, 3.63) is 498 Å². The second-order valence-corrected chi connectivity index (χ2v) is 35.4. The lowest BCUT2D eigenvalue weighted by Gasteiger charge is -2.14. The molecule has 142 heavy (non-hydrogen) atoms. The van der Waals surface area contributed by atoms with Crippen LogP contribution in [0, 0.1) is 0 Å². The molecule has 27 aromatic rings. The Morgan fingerprint density at radius 1 is 0.120 bits per heavy atom. The summed E-state index contributed by atoms with van der Waals surface area (Å²) in [7, 11) is 0. The predicted molar refractivity (Wildman–Crippen MR) is 584 cm³/mol. The minimum atomic E-state index is 0.623. The number of hydrogen-bond acceptors (Lipinski definition) is 12. The van der Waals surface area contributed by atoms with Crippen LogP contribution in [0.3, 0.4) is 0 Å². The van der Waals surface area contributed by atoms with Crippen LogP contribution in [0.5, 0.6) is 0 Å². The Morgan fingerprint density at radius 3 is 0.852 bits per heavy atom. The van der Waals surface area contributed by atoms with Gasteiger partial charge in [0.1, 0.15) is 0 Å². The lowest BCUT2D eigenvalue weighted by atomic mass is 9.96. The monoisotopic (exact) mass is 1810 g/mol. The maximum atomic E-state index is 5.28. The predicted octanol–water partition coefficient (Wildman–Crippen LogP) is 32.7. The highest BCUT2D eigenvalue weighted by Gasteiger charge is 2.23. The van der Waals surface area contributed by atoms with E-state index in [1.807, 2.05) is 55.0 Å². The molecular formula is C130H82N12. The zero-order chi connectivity index (χ0) is 94.2. The number of fused-ring (bicyclic) bond motifs is 12. The van der Waals surface area contributed by atoms with E-state index in [-0.39, 0.29) is 0 Å². The van der Waals surface area contributed by atoms with E-state index < -0.39 is 0 Å². The SMILES string of the molecule is c1ccc(-c2ccc(-c3nc(-c4ccc(-c5cccc6ccccc56)cc4)nc(-c4ccc(-c5cccc6cccnc56)cc4)n3)cc2)cc1.c1ccc2cc(-c3nc(-c4ccc(-c5cccc6cccnc56)cc4)nc(-c4ccc5ccccc5c4)n3)ccc2c1.c1ccc2ncc(-c3ccc(-c4nc(-c5cc6ccccc6c6ccccc56)nc(-c5cc6ccccc6c6ccccc56)n4)cc3)cc2c1. The topological polar surface area (TPSA) is 155 Å². The fraction of sp³-hybridized carbons (Fsp3) is 0. The highest BCUT2D eigenvalue weighted by atomic mass is 15.1. The molecule has 0 amide bonds. The zero-order valence-electron chi connectivity index (χ0n) is 76.7. The third kappa shape index (κ3) is 16.7. The van der Waals surface area contributed by atoms with Crippen molar-refractivity contribution in [3.63, 3.8) is 0 Å². The van der Waals surface area contributed by atoms with E-state index >= 15 is 0 Å². The fourth-order valence-electron chi connectivity index (χ4n) is 19.4. The minimum absolute atomic E-state index is 0.623. The molecule has 0 saturated heterocycles. The maximum Gasteiger partial charge on any atom is 0.164 e. The van der Waals surface area contributed by atoms with E-state index in [0.717, 1.165) is 160 Å². The van der Waals surface area contributed by atoms with Crippen molar-refractivity contribution in [1.82, 2.24) is 59.8 Å². The van der Waals surface area contributed by atoms with Crippen LogP contribution < -0.4 is 0 Å². The number of benzene rings is 21. The van der Waals surface area contributed by atoms with Gasteiger partial charge in [0.15, 0.2) is 52.4 Å². The molecule has 662 valence electrons. The number of hydrogen-bond donors (Lipinski definition) is 0. The summed E-state index contributed by atoms with van der Waals surface area (Å²) in [6.45, 7) is 0. The van der Waals surface area contributed by atoms with Crippen LogP contribution in [-0.2, 0) is 0 Å². The third-order valence-electron chi connectivity index (χ3n) is 26.7. The van der Waals surface area contributed by atoms with Gasteiger partial charge in [0.05, 0.1) is 16.6 Å². The Balaban J connectivity index is 0.000000112. The van der Waals surface area contributed by atoms with Gasteiger partial charge in [0.2, 0.25) is 0 Å². The van der Waals surface area contributed by atoms with Gasteiger partial charge in [-0.25, -0.2) is 44.9 Å². The van der Waals surface area contributed by atoms with Crippen LogP contribution in [0.2, 0.25) is 0 Å². The van der Waals surface area contributed by atoms with Crippen LogP contribution in [0.1, 0.15) is 0 Å². The molecule has 0 radical (unpaired) electrons. The number of nitrogens with zero attached hydrogens (tertiary/aromatic N) is 12. The Labute approximate surface area is 818 Å².